The number of aryl methyl sites for hydroxylation is 5. The highest BCUT2D eigenvalue weighted by Crippen LogP contribution is 2.44. The smallest absolute Gasteiger partial charge is 0.174 e. The molecule has 3 heterocycles. The molecule has 0 amide bonds. The topological polar surface area (TPSA) is 33.1 Å². The van der Waals surface area contributed by atoms with Gasteiger partial charge in [0, 0.05) is 23.3 Å². The SMILES string of the molecule is Cc1cc(C)cc(N2C(=S)N[C@@H](c3ccccn3)[C@@H]2c2cc(C)n(-c3c(C)cccc3C)c2C)c1. The summed E-state index contributed by atoms with van der Waals surface area (Å²) in [5, 5.41) is 4.34. The van der Waals surface area contributed by atoms with Gasteiger partial charge in [0.25, 0.3) is 0 Å². The van der Waals surface area contributed by atoms with Gasteiger partial charge in [-0.1, -0.05) is 30.3 Å². The van der Waals surface area contributed by atoms with E-state index in [-0.39, 0.29) is 12.1 Å². The van der Waals surface area contributed by atoms with Crippen LogP contribution in [0.15, 0.2) is 66.9 Å². The molecule has 0 unspecified atom stereocenters. The number of benzene rings is 2. The first-order chi connectivity index (χ1) is 16.8. The van der Waals surface area contributed by atoms with Crippen molar-refractivity contribution in [3.05, 3.63) is 112 Å². The average Bonchev–Trinajstić information content (AvgIpc) is 3.30. The lowest BCUT2D eigenvalue weighted by Crippen LogP contribution is -2.29. The van der Waals surface area contributed by atoms with Crippen LogP contribution in [0.2, 0.25) is 0 Å². The van der Waals surface area contributed by atoms with Gasteiger partial charge >= 0.3 is 0 Å². The molecule has 2 atom stereocenters. The van der Waals surface area contributed by atoms with Crippen LogP contribution in [0.1, 0.15) is 57.0 Å². The first kappa shape index (κ1) is 23.3. The summed E-state index contributed by atoms with van der Waals surface area (Å²) in [4.78, 5) is 7.01. The zero-order valence-electron chi connectivity index (χ0n) is 21.3. The summed E-state index contributed by atoms with van der Waals surface area (Å²) >= 11 is 5.96. The number of hydrogen-bond donors (Lipinski definition) is 1. The maximum atomic E-state index is 5.96. The molecule has 0 radical (unpaired) electrons. The average molecular weight is 481 g/mol. The number of nitrogens with one attached hydrogen (secondary N) is 1. The second-order valence-corrected chi connectivity index (χ2v) is 10.1. The second kappa shape index (κ2) is 8.97. The maximum Gasteiger partial charge on any atom is 0.174 e. The Hall–Kier alpha value is -3.44. The molecule has 4 aromatic rings. The van der Waals surface area contributed by atoms with Gasteiger partial charge in [-0.05, 0) is 112 Å². The lowest BCUT2D eigenvalue weighted by atomic mass is 9.96. The highest BCUT2D eigenvalue weighted by molar-refractivity contribution is 7.80. The monoisotopic (exact) mass is 480 g/mol. The summed E-state index contributed by atoms with van der Waals surface area (Å²) in [5.74, 6) is 0. The van der Waals surface area contributed by atoms with E-state index in [1.54, 1.807) is 0 Å². The Morgan fingerprint density at radius 3 is 2.14 bits per heavy atom. The van der Waals surface area contributed by atoms with Crippen molar-refractivity contribution < 1.29 is 0 Å². The summed E-state index contributed by atoms with van der Waals surface area (Å²) in [7, 11) is 0. The summed E-state index contributed by atoms with van der Waals surface area (Å²) in [5.41, 5.74) is 12.1. The molecular weight excluding hydrogens is 448 g/mol. The number of hydrogen-bond acceptors (Lipinski definition) is 2. The summed E-state index contributed by atoms with van der Waals surface area (Å²) in [6, 6.07) is 21.5. The Bertz CT molecular complexity index is 1380. The van der Waals surface area contributed by atoms with Gasteiger partial charge in [-0.2, -0.15) is 0 Å². The highest BCUT2D eigenvalue weighted by Gasteiger charge is 2.42. The predicted octanol–water partition coefficient (Wildman–Crippen LogP) is 6.90. The number of aromatic nitrogens is 2. The zero-order chi connectivity index (χ0) is 24.9. The van der Waals surface area contributed by atoms with E-state index in [1.165, 1.54) is 44.9 Å². The third-order valence-corrected chi connectivity index (χ3v) is 7.35. The van der Waals surface area contributed by atoms with Gasteiger partial charge in [0.05, 0.1) is 23.5 Å². The van der Waals surface area contributed by atoms with Crippen LogP contribution in [0.5, 0.6) is 0 Å². The van der Waals surface area contributed by atoms with E-state index in [9.17, 15) is 0 Å². The molecule has 1 N–H and O–H groups in total. The fraction of sp³-hybridized carbons (Fsp3) is 0.267. The fourth-order valence-corrected chi connectivity index (χ4v) is 5.97. The van der Waals surface area contributed by atoms with Crippen LogP contribution in [0, 0.1) is 41.5 Å². The van der Waals surface area contributed by atoms with Crippen LogP contribution in [0.3, 0.4) is 0 Å². The Labute approximate surface area is 213 Å². The molecule has 0 saturated carbocycles. The van der Waals surface area contributed by atoms with Crippen LogP contribution in [-0.2, 0) is 0 Å². The molecule has 0 bridgehead atoms. The number of pyridine rings is 1. The van der Waals surface area contributed by atoms with Crippen LogP contribution in [-0.4, -0.2) is 14.7 Å². The summed E-state index contributed by atoms with van der Waals surface area (Å²) in [6.07, 6.45) is 1.86. The zero-order valence-corrected chi connectivity index (χ0v) is 22.1. The molecule has 2 aromatic heterocycles. The first-order valence-corrected chi connectivity index (χ1v) is 12.5. The van der Waals surface area contributed by atoms with Gasteiger partial charge in [-0.3, -0.25) is 4.98 Å². The molecule has 1 aliphatic rings. The van der Waals surface area contributed by atoms with Gasteiger partial charge in [0.2, 0.25) is 0 Å². The number of para-hydroxylation sites is 1. The fourth-order valence-electron chi connectivity index (χ4n) is 5.63. The molecule has 4 nitrogen and oxygen atoms in total. The predicted molar refractivity (Wildman–Crippen MR) is 149 cm³/mol. The molecule has 1 aliphatic heterocycles. The molecule has 0 aliphatic carbocycles. The van der Waals surface area contributed by atoms with E-state index < -0.39 is 0 Å². The molecule has 35 heavy (non-hydrogen) atoms. The maximum absolute atomic E-state index is 5.96. The molecule has 5 heteroatoms. The Kier molecular flexibility index (Phi) is 5.97. The number of rotatable bonds is 4. The van der Waals surface area contributed by atoms with Gasteiger partial charge in [0.1, 0.15) is 0 Å². The van der Waals surface area contributed by atoms with Crippen LogP contribution in [0.25, 0.3) is 5.69 Å². The van der Waals surface area contributed by atoms with Gasteiger partial charge in [-0.15, -0.1) is 0 Å². The molecule has 1 fully saturated rings. The van der Waals surface area contributed by atoms with Crippen molar-refractivity contribution in [2.75, 3.05) is 4.90 Å². The van der Waals surface area contributed by atoms with E-state index in [0.717, 1.165) is 16.5 Å². The van der Waals surface area contributed by atoms with Crippen LogP contribution in [0.4, 0.5) is 5.69 Å². The second-order valence-electron chi connectivity index (χ2n) is 9.74. The Balaban J connectivity index is 1.73. The van der Waals surface area contributed by atoms with E-state index in [2.05, 4.69) is 105 Å². The standard InChI is InChI=1S/C30H32N4S/c1-18-14-19(2)16-24(15-18)34-29(27(32-30(34)35)26-12-7-8-13-31-26)25-17-22(5)33(23(25)6)28-20(3)10-9-11-21(28)4/h7-17,27,29H,1-6H3,(H,32,35)/t27-,29-/m0/s1. The summed E-state index contributed by atoms with van der Waals surface area (Å²) < 4.78 is 2.40. The van der Waals surface area contributed by atoms with Crippen LogP contribution >= 0.6 is 12.2 Å². The van der Waals surface area contributed by atoms with Crippen molar-refractivity contribution in [1.29, 1.82) is 0 Å². The minimum Gasteiger partial charge on any atom is -0.351 e. The van der Waals surface area contributed by atoms with Crippen molar-refractivity contribution in [3.63, 3.8) is 0 Å². The van der Waals surface area contributed by atoms with Crippen molar-refractivity contribution in [1.82, 2.24) is 14.9 Å². The molecule has 5 rings (SSSR count). The normalized spacial score (nSPS) is 17.7. The van der Waals surface area contributed by atoms with Crippen molar-refractivity contribution >= 4 is 23.0 Å². The van der Waals surface area contributed by atoms with Gasteiger partial charge in [0.15, 0.2) is 5.11 Å². The molecular formula is C30H32N4S. The van der Waals surface area contributed by atoms with Crippen molar-refractivity contribution in [3.8, 4) is 5.69 Å². The van der Waals surface area contributed by atoms with E-state index >= 15 is 0 Å². The molecule has 1 saturated heterocycles. The van der Waals surface area contributed by atoms with Crippen LogP contribution < -0.4 is 10.2 Å². The van der Waals surface area contributed by atoms with Gasteiger partial charge < -0.3 is 14.8 Å². The minimum atomic E-state index is -0.0589. The van der Waals surface area contributed by atoms with Crippen molar-refractivity contribution in [2.24, 2.45) is 0 Å². The minimum absolute atomic E-state index is 0.0251. The third kappa shape index (κ3) is 4.04. The van der Waals surface area contributed by atoms with Crippen molar-refractivity contribution in [2.45, 2.75) is 53.6 Å². The van der Waals surface area contributed by atoms with Gasteiger partial charge in [-0.25, -0.2) is 0 Å². The van der Waals surface area contributed by atoms with E-state index in [4.69, 9.17) is 17.2 Å². The largest absolute Gasteiger partial charge is 0.351 e. The molecule has 178 valence electrons. The van der Waals surface area contributed by atoms with E-state index in [1.807, 2.05) is 18.3 Å². The Morgan fingerprint density at radius 1 is 0.829 bits per heavy atom. The summed E-state index contributed by atoms with van der Waals surface area (Å²) in [6.45, 7) is 13.1. The lowest BCUT2D eigenvalue weighted by Gasteiger charge is -2.29. The number of thiocarbonyl (C=S) groups is 1. The Morgan fingerprint density at radius 2 is 1.51 bits per heavy atom. The molecule has 2 aromatic carbocycles. The first-order valence-electron chi connectivity index (χ1n) is 12.1. The molecule has 0 spiro atoms. The third-order valence-electron chi connectivity index (χ3n) is 7.03. The number of anilines is 1. The number of nitrogens with zero attached hydrogens (tertiary/aromatic N) is 3. The van der Waals surface area contributed by atoms with E-state index in [0.29, 0.717) is 0 Å². The highest BCUT2D eigenvalue weighted by atomic mass is 32.1. The lowest BCUT2D eigenvalue weighted by molar-refractivity contribution is 0.565. The quantitative estimate of drug-likeness (QED) is 0.322.